The van der Waals surface area contributed by atoms with Crippen molar-refractivity contribution < 1.29 is 61.2 Å². The van der Waals surface area contributed by atoms with Gasteiger partial charge in [0.1, 0.15) is 0 Å². The van der Waals surface area contributed by atoms with Crippen LogP contribution in [0.2, 0.25) is 0 Å². The van der Waals surface area contributed by atoms with Gasteiger partial charge in [-0.3, -0.25) is 9.59 Å². The van der Waals surface area contributed by atoms with E-state index in [4.69, 9.17) is 0 Å². The smallest absolute Gasteiger partial charge is 0.872 e. The first-order valence-corrected chi connectivity index (χ1v) is 11.4. The Hall–Kier alpha value is -2.59. The van der Waals surface area contributed by atoms with Gasteiger partial charge in [-0.05, 0) is 51.0 Å². The molecule has 0 saturated carbocycles. The Balaban J connectivity index is -0.000000436. The molecule has 0 aliphatic carbocycles. The number of carbonyl (C=O) groups excluding carboxylic acids is 2. The standard InChI is InChI=1S/2C10H10O2.2C4H9O2.Ti/c2*1-8(11)7-10(12)9-5-3-2-4-6-9;2*1-2-6-4-3-5;/h2*2-7,12H,1H3;2*2-4H2,1H3;/q;;2*-1;+4/p-2/b2*10-7-;;;. The van der Waals surface area contributed by atoms with E-state index >= 15 is 0 Å². The number of ether oxygens (including phenoxy) is 2. The summed E-state index contributed by atoms with van der Waals surface area (Å²) in [5.74, 6) is -0.904. The summed E-state index contributed by atoms with van der Waals surface area (Å²) >= 11 is 0. The maximum atomic E-state index is 11.2. The van der Waals surface area contributed by atoms with Crippen LogP contribution in [0, 0.1) is 0 Å². The normalized spacial score (nSPS) is 10.2. The molecule has 8 nitrogen and oxygen atoms in total. The van der Waals surface area contributed by atoms with Gasteiger partial charge in [-0.25, -0.2) is 0 Å². The minimum Gasteiger partial charge on any atom is -0.872 e. The van der Waals surface area contributed by atoms with Crippen molar-refractivity contribution >= 4 is 23.1 Å². The molecule has 0 aliphatic rings. The zero-order chi connectivity index (χ0) is 27.6. The minimum absolute atomic E-state index is 0. The van der Waals surface area contributed by atoms with Crippen LogP contribution in [0.5, 0.6) is 0 Å². The first-order valence-electron chi connectivity index (χ1n) is 11.4. The van der Waals surface area contributed by atoms with Crippen LogP contribution in [-0.2, 0) is 40.8 Å². The fraction of sp³-hybridized carbons (Fsp3) is 0.357. The second-order valence-corrected chi connectivity index (χ2v) is 6.77. The van der Waals surface area contributed by atoms with E-state index in [0.717, 1.165) is 12.2 Å². The molecule has 0 N–H and O–H groups in total. The summed E-state index contributed by atoms with van der Waals surface area (Å²) in [6.45, 7) is 8.26. The van der Waals surface area contributed by atoms with Crippen molar-refractivity contribution in [1.29, 1.82) is 0 Å². The Morgan fingerprint density at radius 1 is 0.676 bits per heavy atom. The van der Waals surface area contributed by atoms with Crippen LogP contribution in [0.15, 0.2) is 72.8 Å². The minimum atomic E-state index is -0.233. The molecule has 0 unspecified atom stereocenters. The number of allylic oxidation sites excluding steroid dienone is 2. The number of hydrogen-bond donors (Lipinski definition) is 0. The largest absolute Gasteiger partial charge is 4.00 e. The predicted octanol–water partition coefficient (Wildman–Crippen LogP) is 0.718. The van der Waals surface area contributed by atoms with Crippen molar-refractivity contribution in [2.45, 2.75) is 27.7 Å². The van der Waals surface area contributed by atoms with Crippen molar-refractivity contribution in [1.82, 2.24) is 0 Å². The van der Waals surface area contributed by atoms with E-state index < -0.39 is 0 Å². The van der Waals surface area contributed by atoms with E-state index in [0.29, 0.717) is 37.6 Å². The van der Waals surface area contributed by atoms with Crippen molar-refractivity contribution in [3.8, 4) is 0 Å². The first kappa shape index (κ1) is 38.9. The first-order chi connectivity index (χ1) is 17.2. The van der Waals surface area contributed by atoms with E-state index in [1.54, 1.807) is 48.5 Å². The summed E-state index contributed by atoms with van der Waals surface area (Å²) in [5.41, 5.74) is 1.10. The Bertz CT molecular complexity index is 787. The van der Waals surface area contributed by atoms with Crippen LogP contribution in [0.3, 0.4) is 0 Å². The van der Waals surface area contributed by atoms with Crippen LogP contribution >= 0.6 is 0 Å². The average molecular weight is 548 g/mol. The molecule has 2 rings (SSSR count). The maximum Gasteiger partial charge on any atom is 4.00 e. The summed E-state index contributed by atoms with van der Waals surface area (Å²) in [6, 6.07) is 17.4. The molecule has 0 spiro atoms. The summed E-state index contributed by atoms with van der Waals surface area (Å²) in [4.78, 5) is 21.1. The summed E-state index contributed by atoms with van der Waals surface area (Å²) < 4.78 is 9.34. The van der Waals surface area contributed by atoms with Crippen molar-refractivity contribution in [2.75, 3.05) is 39.6 Å². The number of carbonyl (C=O) groups is 2. The molecule has 0 heterocycles. The van der Waals surface area contributed by atoms with Gasteiger partial charge < -0.3 is 29.9 Å². The third kappa shape index (κ3) is 26.3. The van der Waals surface area contributed by atoms with Crippen LogP contribution in [-0.4, -0.2) is 51.2 Å². The van der Waals surface area contributed by atoms with Gasteiger partial charge in [0, 0.05) is 26.4 Å². The third-order valence-corrected chi connectivity index (χ3v) is 3.65. The fourth-order valence-corrected chi connectivity index (χ4v) is 2.15. The molecule has 0 radical (unpaired) electrons. The SMILES string of the molecule is CC(=O)/C=C(\[O-])c1ccccc1.CC(=O)/C=C(\[O-])c1ccccc1.CCOCC[O-].CCOCC[O-].[Ti+4]. The predicted molar refractivity (Wildman–Crippen MR) is 133 cm³/mol. The summed E-state index contributed by atoms with van der Waals surface area (Å²) in [5, 5.41) is 41.5. The molecule has 2 aromatic rings. The zero-order valence-corrected chi connectivity index (χ0v) is 23.5. The van der Waals surface area contributed by atoms with Gasteiger partial charge in [0.15, 0.2) is 11.6 Å². The Kier molecular flexibility index (Phi) is 29.5. The van der Waals surface area contributed by atoms with Gasteiger partial charge in [-0.15, -0.1) is 13.2 Å². The van der Waals surface area contributed by atoms with Gasteiger partial charge in [0.2, 0.25) is 0 Å². The Morgan fingerprint density at radius 2 is 0.973 bits per heavy atom. The van der Waals surface area contributed by atoms with Crippen LogP contribution in [0.4, 0.5) is 0 Å². The fourth-order valence-electron chi connectivity index (χ4n) is 2.15. The van der Waals surface area contributed by atoms with E-state index in [1.165, 1.54) is 13.8 Å². The van der Waals surface area contributed by atoms with Crippen LogP contribution in [0.25, 0.3) is 11.5 Å². The quantitative estimate of drug-likeness (QED) is 0.183. The molecule has 0 saturated heterocycles. The van der Waals surface area contributed by atoms with E-state index in [1.807, 2.05) is 26.0 Å². The summed E-state index contributed by atoms with van der Waals surface area (Å²) in [6.07, 6.45) is 2.19. The Morgan fingerprint density at radius 3 is 1.16 bits per heavy atom. The third-order valence-electron chi connectivity index (χ3n) is 3.65. The van der Waals surface area contributed by atoms with Gasteiger partial charge in [-0.1, -0.05) is 72.2 Å². The molecular weight excluding hydrogens is 512 g/mol. The number of ketones is 2. The number of rotatable bonds is 10. The molecule has 200 valence electrons. The molecule has 2 aromatic carbocycles. The Labute approximate surface area is 235 Å². The van der Waals surface area contributed by atoms with E-state index in [-0.39, 0.29) is 58.0 Å². The van der Waals surface area contributed by atoms with Gasteiger partial charge in [-0.2, -0.15) is 0 Å². The van der Waals surface area contributed by atoms with Gasteiger partial charge >= 0.3 is 21.7 Å². The van der Waals surface area contributed by atoms with Crippen LogP contribution < -0.4 is 20.4 Å². The molecule has 0 fully saturated rings. The summed E-state index contributed by atoms with van der Waals surface area (Å²) in [7, 11) is 0. The van der Waals surface area contributed by atoms with E-state index in [9.17, 15) is 30.0 Å². The molecule has 0 aliphatic heterocycles. The number of benzene rings is 2. The van der Waals surface area contributed by atoms with Crippen LogP contribution in [0.1, 0.15) is 38.8 Å². The number of hydrogen-bond acceptors (Lipinski definition) is 8. The van der Waals surface area contributed by atoms with Gasteiger partial charge in [0.25, 0.3) is 0 Å². The molecule has 9 heteroatoms. The topological polar surface area (TPSA) is 145 Å². The molecular formula is C28H36O8Ti. The van der Waals surface area contributed by atoms with Crippen molar-refractivity contribution in [3.63, 3.8) is 0 Å². The van der Waals surface area contributed by atoms with E-state index in [2.05, 4.69) is 9.47 Å². The average Bonchev–Trinajstić information content (AvgIpc) is 2.87. The molecule has 0 amide bonds. The molecule has 0 bridgehead atoms. The van der Waals surface area contributed by atoms with Crippen molar-refractivity contribution in [3.05, 3.63) is 83.9 Å². The molecule has 0 atom stereocenters. The van der Waals surface area contributed by atoms with Crippen molar-refractivity contribution in [2.24, 2.45) is 0 Å². The molecule has 0 aromatic heterocycles. The second-order valence-electron chi connectivity index (χ2n) is 6.77. The second kappa shape index (κ2) is 28.0. The monoisotopic (exact) mass is 548 g/mol. The van der Waals surface area contributed by atoms with Gasteiger partial charge in [0.05, 0.1) is 0 Å². The molecule has 37 heavy (non-hydrogen) atoms. The maximum absolute atomic E-state index is 11.2. The zero-order valence-electron chi connectivity index (χ0n) is 21.9.